The summed E-state index contributed by atoms with van der Waals surface area (Å²) in [5, 5.41) is 3.53. The maximum atomic E-state index is 11.9. The van der Waals surface area contributed by atoms with Gasteiger partial charge in [-0.1, -0.05) is 0 Å². The second-order valence-electron chi connectivity index (χ2n) is 4.39. The number of H-pyrrole nitrogens is 1. The lowest BCUT2D eigenvalue weighted by Gasteiger charge is -2.04. The molecule has 5 nitrogen and oxygen atoms in total. The molecular weight excluding hydrogens is 244 g/mol. The lowest BCUT2D eigenvalue weighted by molar-refractivity contribution is -0.139. The lowest BCUT2D eigenvalue weighted by Crippen LogP contribution is -2.30. The molecule has 0 fully saturated rings. The summed E-state index contributed by atoms with van der Waals surface area (Å²) in [7, 11) is 1.28. The Morgan fingerprint density at radius 2 is 2.05 bits per heavy atom. The first-order valence-electron chi connectivity index (χ1n) is 5.97. The predicted molar refractivity (Wildman–Crippen MR) is 72.1 cm³/mol. The molecule has 0 spiro atoms. The van der Waals surface area contributed by atoms with Gasteiger partial charge < -0.3 is 15.0 Å². The Morgan fingerprint density at radius 1 is 1.32 bits per heavy atom. The zero-order valence-corrected chi connectivity index (χ0v) is 11.2. The lowest BCUT2D eigenvalue weighted by atomic mass is 10.1. The van der Waals surface area contributed by atoms with Crippen molar-refractivity contribution < 1.29 is 14.3 Å². The minimum absolute atomic E-state index is 0.126. The van der Waals surface area contributed by atoms with Crippen molar-refractivity contribution in [1.82, 2.24) is 10.3 Å². The molecule has 0 saturated heterocycles. The number of aryl methyl sites for hydroxylation is 2. The maximum absolute atomic E-state index is 11.9. The average molecular weight is 260 g/mol. The number of carbonyl (C=O) groups is 2. The van der Waals surface area contributed by atoms with Gasteiger partial charge in [0, 0.05) is 22.2 Å². The summed E-state index contributed by atoms with van der Waals surface area (Å²) in [5.41, 5.74) is 3.73. The van der Waals surface area contributed by atoms with E-state index in [0.29, 0.717) is 5.56 Å². The molecule has 0 atom stereocenters. The molecule has 0 aliphatic heterocycles. The van der Waals surface area contributed by atoms with Crippen LogP contribution in [0, 0.1) is 13.8 Å². The highest BCUT2D eigenvalue weighted by Gasteiger charge is 2.11. The van der Waals surface area contributed by atoms with E-state index >= 15 is 0 Å². The summed E-state index contributed by atoms with van der Waals surface area (Å²) in [4.78, 5) is 26.1. The molecule has 0 radical (unpaired) electrons. The van der Waals surface area contributed by atoms with Crippen molar-refractivity contribution in [3.8, 4) is 0 Å². The summed E-state index contributed by atoms with van der Waals surface area (Å²) >= 11 is 0. The first kappa shape index (κ1) is 13.1. The third-order valence-electron chi connectivity index (χ3n) is 3.19. The molecule has 1 amide bonds. The first-order chi connectivity index (χ1) is 9.02. The Kier molecular flexibility index (Phi) is 3.55. The van der Waals surface area contributed by atoms with Crippen molar-refractivity contribution in [2.75, 3.05) is 13.7 Å². The van der Waals surface area contributed by atoms with Crippen LogP contribution < -0.4 is 5.32 Å². The van der Waals surface area contributed by atoms with Crippen LogP contribution in [0.2, 0.25) is 0 Å². The van der Waals surface area contributed by atoms with Gasteiger partial charge in [0.05, 0.1) is 7.11 Å². The standard InChI is InChI=1S/C14H16N2O3/c1-8-9(2)16-12-5-4-10(6-11(8)12)14(18)15-7-13(17)19-3/h4-6,16H,7H2,1-3H3,(H,15,18). The Morgan fingerprint density at radius 3 is 2.74 bits per heavy atom. The largest absolute Gasteiger partial charge is 0.468 e. The van der Waals surface area contributed by atoms with Gasteiger partial charge in [-0.2, -0.15) is 0 Å². The number of carbonyl (C=O) groups excluding carboxylic acids is 2. The maximum Gasteiger partial charge on any atom is 0.325 e. The second kappa shape index (κ2) is 5.14. The van der Waals surface area contributed by atoms with E-state index in [-0.39, 0.29) is 12.5 Å². The number of hydrogen-bond donors (Lipinski definition) is 2. The molecule has 0 unspecified atom stereocenters. The van der Waals surface area contributed by atoms with Gasteiger partial charge in [-0.25, -0.2) is 0 Å². The number of hydrogen-bond acceptors (Lipinski definition) is 3. The van der Waals surface area contributed by atoms with Crippen LogP contribution in [0.5, 0.6) is 0 Å². The number of aromatic amines is 1. The first-order valence-corrected chi connectivity index (χ1v) is 5.97. The molecule has 1 aromatic heterocycles. The van der Waals surface area contributed by atoms with Crippen LogP contribution >= 0.6 is 0 Å². The summed E-state index contributed by atoms with van der Waals surface area (Å²) in [6.45, 7) is 3.87. The van der Waals surface area contributed by atoms with Gasteiger partial charge in [-0.05, 0) is 37.6 Å². The van der Waals surface area contributed by atoms with E-state index in [0.717, 1.165) is 22.2 Å². The monoisotopic (exact) mass is 260 g/mol. The summed E-state index contributed by atoms with van der Waals surface area (Å²) in [5.74, 6) is -0.756. The van der Waals surface area contributed by atoms with Gasteiger partial charge in [-0.15, -0.1) is 0 Å². The van der Waals surface area contributed by atoms with Gasteiger partial charge in [0.1, 0.15) is 6.54 Å². The minimum atomic E-state index is -0.469. The molecule has 5 heteroatoms. The molecule has 1 aromatic carbocycles. The third-order valence-corrected chi connectivity index (χ3v) is 3.19. The fourth-order valence-electron chi connectivity index (χ4n) is 1.93. The number of fused-ring (bicyclic) bond motifs is 1. The molecule has 100 valence electrons. The third kappa shape index (κ3) is 2.59. The van der Waals surface area contributed by atoms with E-state index in [1.807, 2.05) is 26.0 Å². The Hall–Kier alpha value is -2.30. The highest BCUT2D eigenvalue weighted by Crippen LogP contribution is 2.22. The van der Waals surface area contributed by atoms with Crippen LogP contribution in [0.3, 0.4) is 0 Å². The molecule has 1 heterocycles. The number of rotatable bonds is 3. The van der Waals surface area contributed by atoms with E-state index in [4.69, 9.17) is 0 Å². The van der Waals surface area contributed by atoms with Crippen LogP contribution in [0.15, 0.2) is 18.2 Å². The number of nitrogens with one attached hydrogen (secondary N) is 2. The predicted octanol–water partition coefficient (Wildman–Crippen LogP) is 1.69. The van der Waals surface area contributed by atoms with Gasteiger partial charge in [0.15, 0.2) is 0 Å². The van der Waals surface area contributed by atoms with Crippen LogP contribution in [0.1, 0.15) is 21.6 Å². The van der Waals surface area contributed by atoms with Gasteiger partial charge in [0.25, 0.3) is 5.91 Å². The van der Waals surface area contributed by atoms with Gasteiger partial charge >= 0.3 is 5.97 Å². The van der Waals surface area contributed by atoms with Crippen molar-refractivity contribution in [2.24, 2.45) is 0 Å². The number of amides is 1. The van der Waals surface area contributed by atoms with Gasteiger partial charge in [0.2, 0.25) is 0 Å². The number of benzene rings is 1. The molecule has 2 rings (SSSR count). The Bertz CT molecular complexity index is 643. The fraction of sp³-hybridized carbons (Fsp3) is 0.286. The SMILES string of the molecule is COC(=O)CNC(=O)c1ccc2[nH]c(C)c(C)c2c1. The van der Waals surface area contributed by atoms with Crippen molar-refractivity contribution in [3.05, 3.63) is 35.0 Å². The minimum Gasteiger partial charge on any atom is -0.468 e. The zero-order chi connectivity index (χ0) is 14.0. The topological polar surface area (TPSA) is 71.2 Å². The molecule has 0 bridgehead atoms. The number of esters is 1. The van der Waals surface area contributed by atoms with Crippen LogP contribution in [0.4, 0.5) is 0 Å². The van der Waals surface area contributed by atoms with Crippen LogP contribution in [0.25, 0.3) is 10.9 Å². The van der Waals surface area contributed by atoms with Gasteiger partial charge in [-0.3, -0.25) is 9.59 Å². The van der Waals surface area contributed by atoms with Crippen LogP contribution in [-0.4, -0.2) is 30.5 Å². The summed E-state index contributed by atoms with van der Waals surface area (Å²) in [6.07, 6.45) is 0. The fourth-order valence-corrected chi connectivity index (χ4v) is 1.93. The normalized spacial score (nSPS) is 10.5. The number of ether oxygens (including phenoxy) is 1. The van der Waals surface area contributed by atoms with E-state index < -0.39 is 5.97 Å². The van der Waals surface area contributed by atoms with Crippen molar-refractivity contribution in [1.29, 1.82) is 0 Å². The molecule has 0 saturated carbocycles. The smallest absolute Gasteiger partial charge is 0.325 e. The van der Waals surface area contributed by atoms with E-state index in [1.165, 1.54) is 7.11 Å². The number of aromatic nitrogens is 1. The molecule has 19 heavy (non-hydrogen) atoms. The summed E-state index contributed by atoms with van der Waals surface area (Å²) < 4.78 is 4.47. The Labute approximate surface area is 110 Å². The molecule has 0 aliphatic carbocycles. The van der Waals surface area contributed by atoms with E-state index in [9.17, 15) is 9.59 Å². The average Bonchev–Trinajstić information content (AvgIpc) is 2.70. The molecular formula is C14H16N2O3. The molecule has 2 aromatic rings. The highest BCUT2D eigenvalue weighted by atomic mass is 16.5. The second-order valence-corrected chi connectivity index (χ2v) is 4.39. The quantitative estimate of drug-likeness (QED) is 0.825. The Balaban J connectivity index is 2.23. The number of methoxy groups -OCH3 is 1. The molecule has 2 N–H and O–H groups in total. The molecule has 0 aliphatic rings. The van der Waals surface area contributed by atoms with E-state index in [2.05, 4.69) is 15.0 Å². The van der Waals surface area contributed by atoms with Crippen molar-refractivity contribution in [2.45, 2.75) is 13.8 Å². The highest BCUT2D eigenvalue weighted by molar-refractivity contribution is 6.00. The van der Waals surface area contributed by atoms with Crippen LogP contribution in [-0.2, 0) is 9.53 Å². The van der Waals surface area contributed by atoms with Crippen molar-refractivity contribution >= 4 is 22.8 Å². The summed E-state index contributed by atoms with van der Waals surface area (Å²) in [6, 6.07) is 5.41. The zero-order valence-electron chi connectivity index (χ0n) is 11.2. The van der Waals surface area contributed by atoms with Crippen molar-refractivity contribution in [3.63, 3.8) is 0 Å². The van der Waals surface area contributed by atoms with E-state index in [1.54, 1.807) is 6.07 Å².